The van der Waals surface area contributed by atoms with Crippen molar-refractivity contribution in [3.05, 3.63) is 33.9 Å². The third-order valence-corrected chi connectivity index (χ3v) is 2.90. The van der Waals surface area contributed by atoms with E-state index in [1.807, 2.05) is 0 Å². The summed E-state index contributed by atoms with van der Waals surface area (Å²) in [6.07, 6.45) is -4.74. The highest BCUT2D eigenvalue weighted by molar-refractivity contribution is 9.10. The number of aromatic nitrogens is 1. The summed E-state index contributed by atoms with van der Waals surface area (Å²) in [5.74, 6) is 0. The van der Waals surface area contributed by atoms with E-state index >= 15 is 0 Å². The number of nitrogens with zero attached hydrogens (tertiary/aromatic N) is 1. The highest BCUT2D eigenvalue weighted by Gasteiger charge is 2.36. The SMILES string of the molecule is N#CCc1c(C(F)(F)F)[nH]c2cc(Br)ccc12. The van der Waals surface area contributed by atoms with E-state index < -0.39 is 11.9 Å². The molecule has 2 rings (SSSR count). The molecule has 0 saturated heterocycles. The van der Waals surface area contributed by atoms with Gasteiger partial charge < -0.3 is 4.98 Å². The summed E-state index contributed by atoms with van der Waals surface area (Å²) in [6.45, 7) is 0. The second kappa shape index (κ2) is 4.08. The Morgan fingerprint density at radius 1 is 1.35 bits per heavy atom. The van der Waals surface area contributed by atoms with Gasteiger partial charge in [0.05, 0.1) is 12.5 Å². The zero-order chi connectivity index (χ0) is 12.6. The van der Waals surface area contributed by atoms with Crippen LogP contribution in [0.1, 0.15) is 11.3 Å². The molecule has 0 unspecified atom stereocenters. The highest BCUT2D eigenvalue weighted by Crippen LogP contribution is 2.36. The van der Waals surface area contributed by atoms with Crippen molar-refractivity contribution in [3.63, 3.8) is 0 Å². The molecule has 1 N–H and O–H groups in total. The molecule has 1 heterocycles. The Balaban J connectivity index is 2.75. The van der Waals surface area contributed by atoms with Crippen molar-refractivity contribution in [1.29, 1.82) is 5.26 Å². The van der Waals surface area contributed by atoms with Crippen molar-refractivity contribution in [2.24, 2.45) is 0 Å². The smallest absolute Gasteiger partial charge is 0.351 e. The average Bonchev–Trinajstić information content (AvgIpc) is 2.56. The average molecular weight is 303 g/mol. The molecule has 2 nitrogen and oxygen atoms in total. The minimum atomic E-state index is -4.47. The van der Waals surface area contributed by atoms with Crippen LogP contribution in [0.4, 0.5) is 13.2 Å². The first kappa shape index (κ1) is 12.0. The van der Waals surface area contributed by atoms with Crippen LogP contribution in [0, 0.1) is 11.3 Å². The monoisotopic (exact) mass is 302 g/mol. The van der Waals surface area contributed by atoms with Gasteiger partial charge >= 0.3 is 6.18 Å². The Bertz CT molecular complexity index is 607. The number of hydrogen-bond acceptors (Lipinski definition) is 1. The van der Waals surface area contributed by atoms with Crippen LogP contribution in [-0.2, 0) is 12.6 Å². The molecule has 0 aliphatic heterocycles. The summed E-state index contributed by atoms with van der Waals surface area (Å²) in [5.41, 5.74) is -0.466. The molecule has 0 atom stereocenters. The molecule has 0 fully saturated rings. The van der Waals surface area contributed by atoms with Crippen LogP contribution in [0.25, 0.3) is 10.9 Å². The van der Waals surface area contributed by atoms with Gasteiger partial charge in [0.15, 0.2) is 0 Å². The second-order valence-corrected chi connectivity index (χ2v) is 4.42. The molecule has 0 amide bonds. The number of H-pyrrole nitrogens is 1. The molecule has 0 saturated carbocycles. The summed E-state index contributed by atoms with van der Waals surface area (Å²) in [5, 5.41) is 9.03. The number of rotatable bonds is 1. The maximum atomic E-state index is 12.8. The molecule has 17 heavy (non-hydrogen) atoms. The molecule has 0 aliphatic rings. The van der Waals surface area contributed by atoms with Gasteiger partial charge in [0.1, 0.15) is 5.69 Å². The molecule has 0 radical (unpaired) electrons. The predicted octanol–water partition coefficient (Wildman–Crippen LogP) is 4.02. The Morgan fingerprint density at radius 2 is 2.06 bits per heavy atom. The fourth-order valence-corrected chi connectivity index (χ4v) is 2.09. The Kier molecular flexibility index (Phi) is 2.87. The molecular weight excluding hydrogens is 297 g/mol. The lowest BCUT2D eigenvalue weighted by Gasteiger charge is -2.05. The predicted molar refractivity (Wildman–Crippen MR) is 60.3 cm³/mol. The fourth-order valence-electron chi connectivity index (χ4n) is 1.73. The van der Waals surface area contributed by atoms with Crippen molar-refractivity contribution < 1.29 is 13.2 Å². The largest absolute Gasteiger partial charge is 0.431 e. The lowest BCUT2D eigenvalue weighted by atomic mass is 10.1. The van der Waals surface area contributed by atoms with Crippen molar-refractivity contribution in [2.75, 3.05) is 0 Å². The summed E-state index contributed by atoms with van der Waals surface area (Å²) >= 11 is 3.19. The van der Waals surface area contributed by atoms with Gasteiger partial charge in [0.2, 0.25) is 0 Å². The standard InChI is InChI=1S/C11H6BrF3N2/c12-6-1-2-7-8(3-4-16)10(11(13,14)15)17-9(7)5-6/h1-2,5,17H,3H2. The van der Waals surface area contributed by atoms with Crippen molar-refractivity contribution in [3.8, 4) is 6.07 Å². The quantitative estimate of drug-likeness (QED) is 0.849. The first-order chi connectivity index (χ1) is 7.93. The van der Waals surface area contributed by atoms with Gasteiger partial charge in [-0.05, 0) is 12.1 Å². The first-order valence-electron chi connectivity index (χ1n) is 4.67. The molecule has 0 bridgehead atoms. The van der Waals surface area contributed by atoms with Crippen molar-refractivity contribution in [2.45, 2.75) is 12.6 Å². The summed E-state index contributed by atoms with van der Waals surface area (Å²) in [6, 6.07) is 6.54. The third-order valence-electron chi connectivity index (χ3n) is 2.41. The van der Waals surface area contributed by atoms with E-state index in [1.165, 1.54) is 0 Å². The summed E-state index contributed by atoms with van der Waals surface area (Å²) in [7, 11) is 0. The zero-order valence-corrected chi connectivity index (χ0v) is 9.98. The summed E-state index contributed by atoms with van der Waals surface area (Å²) in [4.78, 5) is 2.32. The van der Waals surface area contributed by atoms with E-state index in [-0.39, 0.29) is 12.0 Å². The zero-order valence-electron chi connectivity index (χ0n) is 8.40. The lowest BCUT2D eigenvalue weighted by molar-refractivity contribution is -0.141. The summed E-state index contributed by atoms with van der Waals surface area (Å²) < 4.78 is 39.0. The van der Waals surface area contributed by atoms with E-state index in [9.17, 15) is 13.2 Å². The van der Waals surface area contributed by atoms with E-state index in [0.717, 1.165) is 0 Å². The lowest BCUT2D eigenvalue weighted by Crippen LogP contribution is -2.08. The number of aromatic amines is 1. The molecule has 0 aliphatic carbocycles. The number of nitrogens with one attached hydrogen (secondary N) is 1. The van der Waals surface area contributed by atoms with E-state index in [4.69, 9.17) is 5.26 Å². The first-order valence-corrected chi connectivity index (χ1v) is 5.47. The molecule has 1 aromatic carbocycles. The number of fused-ring (bicyclic) bond motifs is 1. The van der Waals surface area contributed by atoms with Crippen LogP contribution in [0.15, 0.2) is 22.7 Å². The normalized spacial score (nSPS) is 11.7. The van der Waals surface area contributed by atoms with Gasteiger partial charge in [-0.1, -0.05) is 22.0 Å². The van der Waals surface area contributed by atoms with Gasteiger partial charge in [-0.3, -0.25) is 0 Å². The molecule has 2 aromatic rings. The van der Waals surface area contributed by atoms with E-state index in [0.29, 0.717) is 15.4 Å². The molecule has 6 heteroatoms. The Morgan fingerprint density at radius 3 is 2.65 bits per heavy atom. The maximum absolute atomic E-state index is 12.8. The molecule has 1 aromatic heterocycles. The van der Waals surface area contributed by atoms with Crippen LogP contribution in [-0.4, -0.2) is 4.98 Å². The van der Waals surface area contributed by atoms with Gasteiger partial charge in [-0.2, -0.15) is 18.4 Å². The third kappa shape index (κ3) is 2.15. The number of hydrogen-bond donors (Lipinski definition) is 1. The van der Waals surface area contributed by atoms with Crippen molar-refractivity contribution in [1.82, 2.24) is 4.98 Å². The number of halogens is 4. The Labute approximate surface area is 103 Å². The van der Waals surface area contributed by atoms with Crippen LogP contribution >= 0.6 is 15.9 Å². The van der Waals surface area contributed by atoms with E-state index in [1.54, 1.807) is 24.3 Å². The van der Waals surface area contributed by atoms with Gasteiger partial charge in [0.25, 0.3) is 0 Å². The van der Waals surface area contributed by atoms with Crippen LogP contribution in [0.3, 0.4) is 0 Å². The van der Waals surface area contributed by atoms with Gasteiger partial charge in [0, 0.05) is 20.9 Å². The minimum absolute atomic E-state index is 0.00231. The van der Waals surface area contributed by atoms with Crippen molar-refractivity contribution >= 4 is 26.8 Å². The maximum Gasteiger partial charge on any atom is 0.431 e. The van der Waals surface area contributed by atoms with Crippen LogP contribution < -0.4 is 0 Å². The number of nitriles is 1. The van der Waals surface area contributed by atoms with Crippen LogP contribution in [0.5, 0.6) is 0 Å². The Hall–Kier alpha value is -1.48. The van der Waals surface area contributed by atoms with E-state index in [2.05, 4.69) is 20.9 Å². The fraction of sp³-hybridized carbons (Fsp3) is 0.182. The molecule has 88 valence electrons. The van der Waals surface area contributed by atoms with Gasteiger partial charge in [-0.25, -0.2) is 0 Å². The molecule has 0 spiro atoms. The topological polar surface area (TPSA) is 39.6 Å². The minimum Gasteiger partial charge on any atom is -0.351 e. The molecular formula is C11H6BrF3N2. The van der Waals surface area contributed by atoms with Crippen LogP contribution in [0.2, 0.25) is 0 Å². The number of benzene rings is 1. The highest BCUT2D eigenvalue weighted by atomic mass is 79.9. The second-order valence-electron chi connectivity index (χ2n) is 3.50. The number of alkyl halides is 3. The van der Waals surface area contributed by atoms with Gasteiger partial charge in [-0.15, -0.1) is 0 Å².